The van der Waals surface area contributed by atoms with Crippen molar-refractivity contribution in [2.45, 2.75) is 26.4 Å². The lowest BCUT2D eigenvalue weighted by atomic mass is 10.1. The van der Waals surface area contributed by atoms with Gasteiger partial charge in [0.2, 0.25) is 0 Å². The standard InChI is InChI=1S/C20H22N2O2/c1-13-17-9-4-5-10-18(17)24-19(13)14(2)22-12-15-7-6-8-16(11-15)20(23)21-3/h4-11,14,22H,12H2,1-3H3,(H,21,23). The zero-order chi connectivity index (χ0) is 17.1. The minimum absolute atomic E-state index is 0.0713. The van der Waals surface area contributed by atoms with E-state index in [0.29, 0.717) is 12.1 Å². The summed E-state index contributed by atoms with van der Waals surface area (Å²) in [6.45, 7) is 4.85. The molecular formula is C20H22N2O2. The van der Waals surface area contributed by atoms with Gasteiger partial charge in [-0.05, 0) is 43.2 Å². The van der Waals surface area contributed by atoms with E-state index in [1.54, 1.807) is 7.05 Å². The lowest BCUT2D eigenvalue weighted by molar-refractivity contribution is 0.0963. The third-order valence-electron chi connectivity index (χ3n) is 4.30. The van der Waals surface area contributed by atoms with Crippen LogP contribution in [0.25, 0.3) is 11.0 Å². The fraction of sp³-hybridized carbons (Fsp3) is 0.250. The van der Waals surface area contributed by atoms with Gasteiger partial charge >= 0.3 is 0 Å². The molecule has 1 unspecified atom stereocenters. The Kier molecular flexibility index (Phi) is 4.67. The molecule has 0 aliphatic heterocycles. The highest BCUT2D eigenvalue weighted by Gasteiger charge is 2.16. The number of fused-ring (bicyclic) bond motifs is 1. The van der Waals surface area contributed by atoms with E-state index < -0.39 is 0 Å². The van der Waals surface area contributed by atoms with Crippen LogP contribution in [0.15, 0.2) is 52.9 Å². The number of carbonyl (C=O) groups is 1. The second-order valence-electron chi connectivity index (χ2n) is 5.97. The van der Waals surface area contributed by atoms with Crippen LogP contribution in [-0.2, 0) is 6.54 Å². The van der Waals surface area contributed by atoms with Crippen LogP contribution in [0.4, 0.5) is 0 Å². The molecule has 0 bridgehead atoms. The highest BCUT2D eigenvalue weighted by molar-refractivity contribution is 5.94. The van der Waals surface area contributed by atoms with Crippen LogP contribution in [0.1, 0.15) is 40.2 Å². The maximum Gasteiger partial charge on any atom is 0.251 e. The summed E-state index contributed by atoms with van der Waals surface area (Å²) in [4.78, 5) is 11.7. The molecule has 0 saturated heterocycles. The number of carbonyl (C=O) groups excluding carboxylic acids is 1. The molecule has 0 spiro atoms. The molecule has 1 heterocycles. The van der Waals surface area contributed by atoms with Crippen LogP contribution in [0, 0.1) is 6.92 Å². The molecule has 124 valence electrons. The van der Waals surface area contributed by atoms with Gasteiger partial charge in [0.25, 0.3) is 5.91 Å². The van der Waals surface area contributed by atoms with Crippen LogP contribution in [0.5, 0.6) is 0 Å². The fourth-order valence-electron chi connectivity index (χ4n) is 2.94. The number of para-hydroxylation sites is 1. The first kappa shape index (κ1) is 16.3. The van der Waals surface area contributed by atoms with Gasteiger partial charge in [-0.25, -0.2) is 0 Å². The minimum atomic E-state index is -0.0713. The first-order valence-electron chi connectivity index (χ1n) is 8.12. The smallest absolute Gasteiger partial charge is 0.251 e. The van der Waals surface area contributed by atoms with Crippen molar-refractivity contribution in [3.63, 3.8) is 0 Å². The summed E-state index contributed by atoms with van der Waals surface area (Å²) < 4.78 is 6.00. The van der Waals surface area contributed by atoms with Gasteiger partial charge in [0.15, 0.2) is 0 Å². The average Bonchev–Trinajstić information content (AvgIpc) is 2.96. The summed E-state index contributed by atoms with van der Waals surface area (Å²) in [6.07, 6.45) is 0. The molecule has 2 aromatic carbocycles. The monoisotopic (exact) mass is 322 g/mol. The Morgan fingerprint density at radius 3 is 2.71 bits per heavy atom. The van der Waals surface area contributed by atoms with Gasteiger partial charge in [0.05, 0.1) is 6.04 Å². The number of amides is 1. The lowest BCUT2D eigenvalue weighted by Crippen LogP contribution is -2.20. The Morgan fingerprint density at radius 1 is 1.17 bits per heavy atom. The van der Waals surface area contributed by atoms with Crippen molar-refractivity contribution < 1.29 is 9.21 Å². The number of benzene rings is 2. The molecule has 0 aliphatic carbocycles. The van der Waals surface area contributed by atoms with Crippen molar-refractivity contribution in [3.05, 3.63) is 71.0 Å². The van der Waals surface area contributed by atoms with E-state index in [9.17, 15) is 4.79 Å². The molecule has 0 radical (unpaired) electrons. The average molecular weight is 322 g/mol. The lowest BCUT2D eigenvalue weighted by Gasteiger charge is -2.13. The van der Waals surface area contributed by atoms with Crippen molar-refractivity contribution in [1.29, 1.82) is 0 Å². The van der Waals surface area contributed by atoms with Gasteiger partial charge in [-0.1, -0.05) is 30.3 Å². The summed E-state index contributed by atoms with van der Waals surface area (Å²) in [5.74, 6) is 0.886. The molecular weight excluding hydrogens is 300 g/mol. The number of nitrogens with one attached hydrogen (secondary N) is 2. The maximum atomic E-state index is 11.7. The quantitative estimate of drug-likeness (QED) is 0.748. The highest BCUT2D eigenvalue weighted by Crippen LogP contribution is 2.29. The number of hydrogen-bond acceptors (Lipinski definition) is 3. The zero-order valence-corrected chi connectivity index (χ0v) is 14.2. The van der Waals surface area contributed by atoms with Crippen molar-refractivity contribution in [3.8, 4) is 0 Å². The fourth-order valence-corrected chi connectivity index (χ4v) is 2.94. The Hall–Kier alpha value is -2.59. The van der Waals surface area contributed by atoms with Crippen molar-refractivity contribution in [2.24, 2.45) is 0 Å². The summed E-state index contributed by atoms with van der Waals surface area (Å²) in [6, 6.07) is 15.8. The summed E-state index contributed by atoms with van der Waals surface area (Å²) in [5, 5.41) is 7.28. The largest absolute Gasteiger partial charge is 0.459 e. The molecule has 0 aliphatic rings. The van der Waals surface area contributed by atoms with Gasteiger partial charge in [-0.2, -0.15) is 0 Å². The van der Waals surface area contributed by atoms with E-state index in [4.69, 9.17) is 4.42 Å². The van der Waals surface area contributed by atoms with Crippen molar-refractivity contribution in [1.82, 2.24) is 10.6 Å². The summed E-state index contributed by atoms with van der Waals surface area (Å²) in [5.41, 5.74) is 3.83. The van der Waals surface area contributed by atoms with Crippen LogP contribution in [0.2, 0.25) is 0 Å². The second-order valence-corrected chi connectivity index (χ2v) is 5.97. The molecule has 3 aromatic rings. The van der Waals surface area contributed by atoms with Gasteiger partial charge < -0.3 is 15.1 Å². The molecule has 2 N–H and O–H groups in total. The Morgan fingerprint density at radius 2 is 1.96 bits per heavy atom. The molecule has 0 fully saturated rings. The summed E-state index contributed by atoms with van der Waals surface area (Å²) in [7, 11) is 1.64. The molecule has 24 heavy (non-hydrogen) atoms. The molecule has 4 nitrogen and oxygen atoms in total. The van der Waals surface area contributed by atoms with Crippen molar-refractivity contribution in [2.75, 3.05) is 7.05 Å². The maximum absolute atomic E-state index is 11.7. The molecule has 1 atom stereocenters. The van der Waals surface area contributed by atoms with E-state index in [-0.39, 0.29) is 11.9 Å². The predicted molar refractivity (Wildman–Crippen MR) is 96.0 cm³/mol. The Bertz CT molecular complexity index is 867. The molecule has 4 heteroatoms. The Balaban J connectivity index is 1.74. The number of furan rings is 1. The van der Waals surface area contributed by atoms with Crippen LogP contribution in [0.3, 0.4) is 0 Å². The van der Waals surface area contributed by atoms with Gasteiger partial charge in [0, 0.05) is 24.5 Å². The normalized spacial score (nSPS) is 12.3. The number of rotatable bonds is 5. The third kappa shape index (κ3) is 3.19. The van der Waals surface area contributed by atoms with Gasteiger partial charge in [-0.15, -0.1) is 0 Å². The topological polar surface area (TPSA) is 54.3 Å². The highest BCUT2D eigenvalue weighted by atomic mass is 16.3. The van der Waals surface area contributed by atoms with Crippen molar-refractivity contribution >= 4 is 16.9 Å². The van der Waals surface area contributed by atoms with Gasteiger partial charge in [0.1, 0.15) is 11.3 Å². The first-order chi connectivity index (χ1) is 11.6. The van der Waals surface area contributed by atoms with Gasteiger partial charge in [-0.3, -0.25) is 4.79 Å². The van der Waals surface area contributed by atoms with Crippen LogP contribution >= 0.6 is 0 Å². The minimum Gasteiger partial charge on any atom is -0.459 e. The second kappa shape index (κ2) is 6.89. The first-order valence-corrected chi connectivity index (χ1v) is 8.12. The zero-order valence-electron chi connectivity index (χ0n) is 14.2. The van der Waals surface area contributed by atoms with E-state index >= 15 is 0 Å². The van der Waals surface area contributed by atoms with E-state index in [2.05, 4.69) is 30.5 Å². The van der Waals surface area contributed by atoms with E-state index in [0.717, 1.165) is 22.3 Å². The molecule has 0 saturated carbocycles. The SMILES string of the molecule is CNC(=O)c1cccc(CNC(C)c2oc3ccccc3c2C)c1. The predicted octanol–water partition coefficient (Wildman–Crippen LogP) is 3.95. The Labute approximate surface area is 141 Å². The number of aryl methyl sites for hydroxylation is 1. The molecule has 1 amide bonds. The molecule has 3 rings (SSSR count). The molecule has 1 aromatic heterocycles. The van der Waals surface area contributed by atoms with E-state index in [1.165, 1.54) is 5.56 Å². The van der Waals surface area contributed by atoms with Crippen LogP contribution < -0.4 is 10.6 Å². The van der Waals surface area contributed by atoms with E-state index in [1.807, 2.05) is 42.5 Å². The summed E-state index contributed by atoms with van der Waals surface area (Å²) >= 11 is 0. The third-order valence-corrected chi connectivity index (χ3v) is 4.30. The number of hydrogen-bond donors (Lipinski definition) is 2. The van der Waals surface area contributed by atoms with Crippen LogP contribution in [-0.4, -0.2) is 13.0 Å².